The number of nitrogens with two attached hydrogens (primary N) is 1. The number of nitrogens with zero attached hydrogens (tertiary/aromatic N) is 1. The van der Waals surface area contributed by atoms with Gasteiger partial charge in [-0.3, -0.25) is 4.79 Å². The normalized spacial score (nSPS) is 19.9. The van der Waals surface area contributed by atoms with Gasteiger partial charge >= 0.3 is 0 Å². The molecule has 0 aromatic heterocycles. The second-order valence-electron chi connectivity index (χ2n) is 4.73. The van der Waals surface area contributed by atoms with Gasteiger partial charge in [0.05, 0.1) is 10.8 Å². The molecule has 1 aromatic rings. The first-order valence-electron chi connectivity index (χ1n) is 6.05. The Morgan fingerprint density at radius 2 is 2.05 bits per heavy atom. The first-order chi connectivity index (χ1) is 9.29. The van der Waals surface area contributed by atoms with Crippen LogP contribution in [0, 0.1) is 0 Å². The lowest BCUT2D eigenvalue weighted by molar-refractivity contribution is 0.0726. The van der Waals surface area contributed by atoms with Gasteiger partial charge in [0.2, 0.25) is 10.0 Å². The summed E-state index contributed by atoms with van der Waals surface area (Å²) >= 11 is 6.67. The molecule has 20 heavy (non-hydrogen) atoms. The van der Waals surface area contributed by atoms with Gasteiger partial charge in [-0.05, 0) is 47.0 Å². The van der Waals surface area contributed by atoms with Crippen molar-refractivity contribution in [2.24, 2.45) is 5.14 Å². The van der Waals surface area contributed by atoms with Gasteiger partial charge in [0.15, 0.2) is 0 Å². The Bertz CT molecular complexity index is 634. The van der Waals surface area contributed by atoms with Crippen LogP contribution in [-0.2, 0) is 10.0 Å². The van der Waals surface area contributed by atoms with E-state index in [0.717, 1.165) is 4.47 Å². The van der Waals surface area contributed by atoms with E-state index in [9.17, 15) is 13.2 Å². The minimum atomic E-state index is -3.60. The average molecular weight is 426 g/mol. The molecule has 1 saturated heterocycles. The van der Waals surface area contributed by atoms with Crippen molar-refractivity contribution < 1.29 is 13.2 Å². The van der Waals surface area contributed by atoms with Crippen molar-refractivity contribution in [1.82, 2.24) is 4.90 Å². The van der Waals surface area contributed by atoms with E-state index in [2.05, 4.69) is 31.9 Å². The van der Waals surface area contributed by atoms with Gasteiger partial charge in [0.25, 0.3) is 5.91 Å². The molecule has 1 unspecified atom stereocenters. The highest BCUT2D eigenvalue weighted by Gasteiger charge is 2.31. The van der Waals surface area contributed by atoms with Crippen molar-refractivity contribution in [2.75, 3.05) is 13.1 Å². The Morgan fingerprint density at radius 1 is 1.35 bits per heavy atom. The van der Waals surface area contributed by atoms with Crippen LogP contribution in [0.3, 0.4) is 0 Å². The summed E-state index contributed by atoms with van der Waals surface area (Å²) in [5, 5.41) is 4.51. The highest BCUT2D eigenvalue weighted by atomic mass is 79.9. The van der Waals surface area contributed by atoms with E-state index in [4.69, 9.17) is 5.14 Å². The molecule has 110 valence electrons. The molecule has 8 heteroatoms. The highest BCUT2D eigenvalue weighted by Crippen LogP contribution is 2.25. The van der Waals surface area contributed by atoms with Crippen molar-refractivity contribution in [3.63, 3.8) is 0 Å². The lowest BCUT2D eigenvalue weighted by atomic mass is 10.1. The van der Waals surface area contributed by atoms with Crippen molar-refractivity contribution in [3.05, 3.63) is 32.7 Å². The summed E-state index contributed by atoms with van der Waals surface area (Å²) in [5.41, 5.74) is 0.517. The molecule has 1 atom stereocenters. The van der Waals surface area contributed by atoms with Crippen LogP contribution in [0.5, 0.6) is 0 Å². The summed E-state index contributed by atoms with van der Waals surface area (Å²) in [6, 6.07) is 5.27. The van der Waals surface area contributed by atoms with Crippen LogP contribution in [-0.4, -0.2) is 37.6 Å². The molecule has 1 aliphatic rings. The predicted octanol–water partition coefficient (Wildman–Crippen LogP) is 2.10. The molecule has 2 rings (SSSR count). The maximum Gasteiger partial charge on any atom is 0.255 e. The van der Waals surface area contributed by atoms with Gasteiger partial charge in [0.1, 0.15) is 0 Å². The third-order valence-electron chi connectivity index (χ3n) is 3.29. The Kier molecular flexibility index (Phi) is 4.88. The molecule has 2 N–H and O–H groups in total. The van der Waals surface area contributed by atoms with Gasteiger partial charge in [0, 0.05) is 22.0 Å². The summed E-state index contributed by atoms with van der Waals surface area (Å²) in [4.78, 5) is 14.0. The number of hydrogen-bond acceptors (Lipinski definition) is 3. The van der Waals surface area contributed by atoms with E-state index < -0.39 is 15.3 Å². The Hall–Kier alpha value is -0.440. The number of likely N-dealkylation sites (tertiary alicyclic amines) is 1. The van der Waals surface area contributed by atoms with Crippen LogP contribution in [0.15, 0.2) is 27.1 Å². The number of carbonyl (C=O) groups is 1. The van der Waals surface area contributed by atoms with Crippen LogP contribution < -0.4 is 5.14 Å². The monoisotopic (exact) mass is 424 g/mol. The zero-order valence-corrected chi connectivity index (χ0v) is 14.5. The number of primary sulfonamides is 1. The van der Waals surface area contributed by atoms with Crippen LogP contribution in [0.25, 0.3) is 0 Å². The van der Waals surface area contributed by atoms with Crippen molar-refractivity contribution in [2.45, 2.75) is 18.1 Å². The summed E-state index contributed by atoms with van der Waals surface area (Å²) in [6.45, 7) is 0.702. The molecule has 1 amide bonds. The molecule has 0 saturated carbocycles. The summed E-state index contributed by atoms with van der Waals surface area (Å²) in [5.74, 6) is -0.183. The lowest BCUT2D eigenvalue weighted by Gasteiger charge is -2.31. The number of amides is 1. The molecule has 1 heterocycles. The molecular weight excluding hydrogens is 412 g/mol. The summed E-state index contributed by atoms with van der Waals surface area (Å²) in [7, 11) is -3.60. The van der Waals surface area contributed by atoms with E-state index in [1.165, 1.54) is 0 Å². The first kappa shape index (κ1) is 15.9. The predicted molar refractivity (Wildman–Crippen MR) is 83.9 cm³/mol. The lowest BCUT2D eigenvalue weighted by Crippen LogP contribution is -2.47. The van der Waals surface area contributed by atoms with Gasteiger partial charge in [-0.2, -0.15) is 0 Å². The van der Waals surface area contributed by atoms with Gasteiger partial charge in [-0.1, -0.05) is 15.9 Å². The fourth-order valence-electron chi connectivity index (χ4n) is 2.22. The first-order valence-corrected chi connectivity index (χ1v) is 9.24. The molecule has 0 aliphatic carbocycles. The van der Waals surface area contributed by atoms with Crippen LogP contribution >= 0.6 is 31.9 Å². The molecule has 0 spiro atoms. The number of sulfonamides is 1. The van der Waals surface area contributed by atoms with E-state index in [0.29, 0.717) is 29.4 Å². The van der Waals surface area contributed by atoms with Crippen molar-refractivity contribution in [1.29, 1.82) is 0 Å². The molecule has 0 bridgehead atoms. The number of rotatable bonds is 2. The van der Waals surface area contributed by atoms with Crippen LogP contribution in [0.2, 0.25) is 0 Å². The number of carbonyl (C=O) groups excluding carboxylic acids is 1. The van der Waals surface area contributed by atoms with E-state index in [1.54, 1.807) is 23.1 Å². The zero-order chi connectivity index (χ0) is 14.9. The van der Waals surface area contributed by atoms with E-state index in [1.807, 2.05) is 0 Å². The topological polar surface area (TPSA) is 80.5 Å². The smallest absolute Gasteiger partial charge is 0.255 e. The third-order valence-corrected chi connectivity index (χ3v) is 5.75. The average Bonchev–Trinajstić information content (AvgIpc) is 2.37. The number of benzene rings is 1. The van der Waals surface area contributed by atoms with Crippen LogP contribution in [0.4, 0.5) is 0 Å². The zero-order valence-electron chi connectivity index (χ0n) is 10.6. The number of halogens is 2. The summed E-state index contributed by atoms with van der Waals surface area (Å²) in [6.07, 6.45) is 1.14. The fourth-order valence-corrected chi connectivity index (χ4v) is 4.32. The fraction of sp³-hybridized carbons (Fsp3) is 0.417. The SMILES string of the molecule is NS(=O)(=O)C1CCCN(C(=O)c2ccc(Br)cc2Br)C1. The Morgan fingerprint density at radius 3 is 2.65 bits per heavy atom. The molecule has 1 aliphatic heterocycles. The minimum absolute atomic E-state index is 0.153. The van der Waals surface area contributed by atoms with Crippen LogP contribution in [0.1, 0.15) is 23.2 Å². The maximum absolute atomic E-state index is 12.4. The Labute approximate surface area is 134 Å². The standard InChI is InChI=1S/C12H14Br2N2O3S/c13-8-3-4-10(11(14)6-8)12(17)16-5-1-2-9(7-16)20(15,18)19/h3-4,6,9H,1-2,5,7H2,(H2,15,18,19). The van der Waals surface area contributed by atoms with E-state index >= 15 is 0 Å². The van der Waals surface area contributed by atoms with Gasteiger partial charge in [-0.25, -0.2) is 13.6 Å². The summed E-state index contributed by atoms with van der Waals surface area (Å²) < 4.78 is 24.4. The Balaban J connectivity index is 2.21. The van der Waals surface area contributed by atoms with Gasteiger partial charge in [-0.15, -0.1) is 0 Å². The molecule has 5 nitrogen and oxygen atoms in total. The molecule has 1 fully saturated rings. The second-order valence-corrected chi connectivity index (χ2v) is 8.34. The number of piperidine rings is 1. The maximum atomic E-state index is 12.4. The van der Waals surface area contributed by atoms with Crippen molar-refractivity contribution in [3.8, 4) is 0 Å². The molecule has 1 aromatic carbocycles. The molecule has 0 radical (unpaired) electrons. The highest BCUT2D eigenvalue weighted by molar-refractivity contribution is 9.11. The number of hydrogen-bond donors (Lipinski definition) is 1. The van der Waals surface area contributed by atoms with Crippen molar-refractivity contribution >= 4 is 47.8 Å². The van der Waals surface area contributed by atoms with Gasteiger partial charge < -0.3 is 4.90 Å². The third kappa shape index (κ3) is 3.60. The molecular formula is C12H14Br2N2O3S. The second kappa shape index (κ2) is 6.13. The largest absolute Gasteiger partial charge is 0.337 e. The quantitative estimate of drug-likeness (QED) is 0.787. The van der Waals surface area contributed by atoms with E-state index in [-0.39, 0.29) is 12.5 Å². The minimum Gasteiger partial charge on any atom is -0.337 e.